The summed E-state index contributed by atoms with van der Waals surface area (Å²) in [6, 6.07) is 21.1. The van der Waals surface area contributed by atoms with Crippen LogP contribution >= 0.6 is 0 Å². The molecule has 4 aromatic rings. The Morgan fingerprint density at radius 1 is 0.886 bits per heavy atom. The van der Waals surface area contributed by atoms with Crippen molar-refractivity contribution in [1.29, 1.82) is 0 Å². The molecule has 2 heterocycles. The number of hydrogen-bond acceptors (Lipinski definition) is 6. The van der Waals surface area contributed by atoms with Crippen molar-refractivity contribution < 1.29 is 14.1 Å². The minimum Gasteiger partial charge on any atom is -0.338 e. The Labute approximate surface area is 203 Å². The number of carbonyl (C=O) groups is 2. The second kappa shape index (κ2) is 8.60. The van der Waals surface area contributed by atoms with Crippen LogP contribution in [0.1, 0.15) is 37.7 Å². The first-order valence-corrected chi connectivity index (χ1v) is 11.8. The predicted octanol–water partition coefficient (Wildman–Crippen LogP) is 4.21. The van der Waals surface area contributed by atoms with Crippen molar-refractivity contribution in [2.24, 2.45) is 0 Å². The fourth-order valence-electron chi connectivity index (χ4n) is 4.78. The maximum atomic E-state index is 13.2. The van der Waals surface area contributed by atoms with E-state index in [0.717, 1.165) is 16.7 Å². The molecule has 6 rings (SSSR count). The van der Waals surface area contributed by atoms with Gasteiger partial charge in [0.05, 0.1) is 6.54 Å². The summed E-state index contributed by atoms with van der Waals surface area (Å²) >= 11 is 0. The van der Waals surface area contributed by atoms with E-state index in [1.165, 1.54) is 5.56 Å². The van der Waals surface area contributed by atoms with Gasteiger partial charge in [0.2, 0.25) is 11.7 Å². The monoisotopic (exact) mass is 464 g/mol. The van der Waals surface area contributed by atoms with Gasteiger partial charge in [-0.1, -0.05) is 65.3 Å². The number of piperazine rings is 1. The highest BCUT2D eigenvalue weighted by atomic mass is 16.5. The van der Waals surface area contributed by atoms with Crippen molar-refractivity contribution in [2.45, 2.75) is 13.5 Å². The van der Waals surface area contributed by atoms with E-state index in [0.29, 0.717) is 61.1 Å². The number of amides is 1. The van der Waals surface area contributed by atoms with Gasteiger partial charge in [0.25, 0.3) is 5.91 Å². The highest BCUT2D eigenvalue weighted by molar-refractivity contribution is 6.22. The first kappa shape index (κ1) is 21.4. The fourth-order valence-corrected chi connectivity index (χ4v) is 4.78. The van der Waals surface area contributed by atoms with E-state index in [4.69, 9.17) is 4.52 Å². The van der Waals surface area contributed by atoms with Crippen LogP contribution < -0.4 is 0 Å². The molecule has 1 aliphatic heterocycles. The molecule has 0 saturated carbocycles. The summed E-state index contributed by atoms with van der Waals surface area (Å²) in [5.41, 5.74) is 5.81. The van der Waals surface area contributed by atoms with Crippen LogP contribution in [0, 0.1) is 6.92 Å². The number of ketones is 1. The number of aromatic nitrogens is 2. The summed E-state index contributed by atoms with van der Waals surface area (Å²) in [4.78, 5) is 34.6. The molecule has 0 unspecified atom stereocenters. The van der Waals surface area contributed by atoms with Crippen molar-refractivity contribution in [3.05, 3.63) is 94.9 Å². The van der Waals surface area contributed by atoms with Crippen LogP contribution in [0.15, 0.2) is 71.3 Å². The summed E-state index contributed by atoms with van der Waals surface area (Å²) in [6.07, 6.45) is 0. The van der Waals surface area contributed by atoms with E-state index in [-0.39, 0.29) is 11.7 Å². The third-order valence-corrected chi connectivity index (χ3v) is 6.77. The number of hydrogen-bond donors (Lipinski definition) is 0. The molecule has 0 atom stereocenters. The van der Waals surface area contributed by atoms with Gasteiger partial charge in [-0.25, -0.2) is 0 Å². The minimum atomic E-state index is -0.0457. The lowest BCUT2D eigenvalue weighted by Gasteiger charge is -2.34. The SMILES string of the molecule is Cc1ccc(-c2noc(CN3CCN(C(=O)c4ccc5c(c4)C(=O)c4ccccc4-5)CC3)n2)cc1. The van der Waals surface area contributed by atoms with E-state index >= 15 is 0 Å². The Hall–Kier alpha value is -4.10. The quantitative estimate of drug-likeness (QED) is 0.396. The van der Waals surface area contributed by atoms with Gasteiger partial charge in [-0.3, -0.25) is 14.5 Å². The molecule has 1 fully saturated rings. The molecule has 0 radical (unpaired) electrons. The van der Waals surface area contributed by atoms with Gasteiger partial charge in [-0.2, -0.15) is 4.98 Å². The average molecular weight is 465 g/mol. The summed E-state index contributed by atoms with van der Waals surface area (Å²) in [5, 5.41) is 4.11. The predicted molar refractivity (Wildman–Crippen MR) is 131 cm³/mol. The zero-order valence-corrected chi connectivity index (χ0v) is 19.4. The zero-order chi connectivity index (χ0) is 23.9. The molecule has 174 valence electrons. The van der Waals surface area contributed by atoms with Crippen LogP contribution in [0.25, 0.3) is 22.5 Å². The molecular weight excluding hydrogens is 440 g/mol. The minimum absolute atomic E-state index is 0.0142. The number of benzene rings is 3. The van der Waals surface area contributed by atoms with Gasteiger partial charge in [0.1, 0.15) is 0 Å². The molecule has 0 bridgehead atoms. The number of rotatable bonds is 4. The van der Waals surface area contributed by atoms with E-state index < -0.39 is 0 Å². The standard InChI is InChI=1S/C28H24N4O3/c1-18-6-8-19(9-7-18)27-29-25(35-30-27)17-31-12-14-32(15-13-31)28(34)20-10-11-22-21-4-2-3-5-23(21)26(33)24(22)16-20/h2-11,16H,12-15,17H2,1H3. The largest absolute Gasteiger partial charge is 0.338 e. The second-order valence-electron chi connectivity index (χ2n) is 9.08. The molecule has 2 aliphatic rings. The first-order valence-electron chi connectivity index (χ1n) is 11.8. The molecule has 1 aromatic heterocycles. The van der Waals surface area contributed by atoms with Crippen molar-refractivity contribution in [1.82, 2.24) is 19.9 Å². The van der Waals surface area contributed by atoms with Gasteiger partial charge in [-0.05, 0) is 30.2 Å². The van der Waals surface area contributed by atoms with Gasteiger partial charge < -0.3 is 9.42 Å². The molecule has 1 saturated heterocycles. The van der Waals surface area contributed by atoms with E-state index in [9.17, 15) is 9.59 Å². The molecule has 35 heavy (non-hydrogen) atoms. The summed E-state index contributed by atoms with van der Waals surface area (Å²) in [7, 11) is 0. The number of carbonyl (C=O) groups excluding carboxylic acids is 2. The lowest BCUT2D eigenvalue weighted by Crippen LogP contribution is -2.48. The molecule has 7 nitrogen and oxygen atoms in total. The van der Waals surface area contributed by atoms with Crippen molar-refractivity contribution in [2.75, 3.05) is 26.2 Å². The van der Waals surface area contributed by atoms with Crippen molar-refractivity contribution in [3.8, 4) is 22.5 Å². The molecule has 0 spiro atoms. The summed E-state index contributed by atoms with van der Waals surface area (Å²) in [6.45, 7) is 5.21. The van der Waals surface area contributed by atoms with Gasteiger partial charge in [0.15, 0.2) is 5.78 Å². The smallest absolute Gasteiger partial charge is 0.253 e. The molecule has 3 aromatic carbocycles. The summed E-state index contributed by atoms with van der Waals surface area (Å²) < 4.78 is 5.46. The maximum absolute atomic E-state index is 13.2. The van der Waals surface area contributed by atoms with Crippen LogP contribution in [-0.4, -0.2) is 57.8 Å². The van der Waals surface area contributed by atoms with Gasteiger partial charge >= 0.3 is 0 Å². The van der Waals surface area contributed by atoms with Crippen molar-refractivity contribution in [3.63, 3.8) is 0 Å². The van der Waals surface area contributed by atoms with Crippen LogP contribution in [0.3, 0.4) is 0 Å². The first-order chi connectivity index (χ1) is 17.1. The Morgan fingerprint density at radius 2 is 1.60 bits per heavy atom. The van der Waals surface area contributed by atoms with Crippen molar-refractivity contribution >= 4 is 11.7 Å². The molecule has 1 aliphatic carbocycles. The molecule has 7 heteroatoms. The van der Waals surface area contributed by atoms with Crippen LogP contribution in [0.4, 0.5) is 0 Å². The lowest BCUT2D eigenvalue weighted by atomic mass is 10.0. The van der Waals surface area contributed by atoms with E-state index in [1.54, 1.807) is 6.07 Å². The Balaban J connectivity index is 1.09. The highest BCUT2D eigenvalue weighted by Crippen LogP contribution is 2.36. The average Bonchev–Trinajstić information content (AvgIpc) is 3.47. The Bertz CT molecular complexity index is 1430. The van der Waals surface area contributed by atoms with E-state index in [2.05, 4.69) is 15.0 Å². The number of aryl methyl sites for hydroxylation is 1. The summed E-state index contributed by atoms with van der Waals surface area (Å²) in [5.74, 6) is 1.09. The van der Waals surface area contributed by atoms with Gasteiger partial charge in [-0.15, -0.1) is 0 Å². The fraction of sp³-hybridized carbons (Fsp3) is 0.214. The lowest BCUT2D eigenvalue weighted by molar-refractivity contribution is 0.0615. The molecule has 0 N–H and O–H groups in total. The van der Waals surface area contributed by atoms with Gasteiger partial charge in [0, 0.05) is 48.4 Å². The Morgan fingerprint density at radius 3 is 2.37 bits per heavy atom. The highest BCUT2D eigenvalue weighted by Gasteiger charge is 2.29. The number of nitrogens with zero attached hydrogens (tertiary/aromatic N) is 4. The molecule has 1 amide bonds. The third-order valence-electron chi connectivity index (χ3n) is 6.77. The maximum Gasteiger partial charge on any atom is 0.253 e. The topological polar surface area (TPSA) is 79.5 Å². The van der Waals surface area contributed by atoms with E-state index in [1.807, 2.05) is 72.5 Å². The zero-order valence-electron chi connectivity index (χ0n) is 19.4. The van der Waals surface area contributed by atoms with Crippen LogP contribution in [-0.2, 0) is 6.54 Å². The third kappa shape index (κ3) is 3.94. The Kier molecular flexibility index (Phi) is 5.26. The second-order valence-corrected chi connectivity index (χ2v) is 9.08. The molecular formula is C28H24N4O3. The van der Waals surface area contributed by atoms with Crippen LogP contribution in [0.5, 0.6) is 0 Å². The van der Waals surface area contributed by atoms with Crippen LogP contribution in [0.2, 0.25) is 0 Å². The number of fused-ring (bicyclic) bond motifs is 3. The normalized spacial score (nSPS) is 15.2.